The fourth-order valence-electron chi connectivity index (χ4n) is 2.04. The largest absolute Gasteiger partial charge is 0.395 e. The van der Waals surface area contributed by atoms with Crippen LogP contribution in [0.15, 0.2) is 60.3 Å². The van der Waals surface area contributed by atoms with Crippen molar-refractivity contribution in [3.05, 3.63) is 77.0 Å². The number of hydrogen-bond donors (Lipinski definition) is 3. The van der Waals surface area contributed by atoms with E-state index in [1.54, 1.807) is 18.2 Å². The van der Waals surface area contributed by atoms with Gasteiger partial charge in [0.1, 0.15) is 5.70 Å². The van der Waals surface area contributed by atoms with Crippen LogP contribution in [-0.4, -0.2) is 30.1 Å². The first-order chi connectivity index (χ1) is 11.6. The van der Waals surface area contributed by atoms with E-state index >= 15 is 0 Å². The zero-order valence-corrected chi connectivity index (χ0v) is 13.5. The molecule has 0 saturated heterocycles. The number of nitrogens with one attached hydrogen (secondary N) is 2. The molecule has 24 heavy (non-hydrogen) atoms. The first kappa shape index (κ1) is 17.4. The highest BCUT2D eigenvalue weighted by Gasteiger charge is 2.14. The SMILES string of the molecule is Cc1ccc(C(=O)NC(=Cc2ccccc2)C(=O)NCCO)cc1. The van der Waals surface area contributed by atoms with E-state index in [1.807, 2.05) is 49.4 Å². The Morgan fingerprint density at radius 2 is 1.71 bits per heavy atom. The monoisotopic (exact) mass is 324 g/mol. The molecule has 0 unspecified atom stereocenters. The van der Waals surface area contributed by atoms with Crippen molar-refractivity contribution in [2.45, 2.75) is 6.92 Å². The molecule has 124 valence electrons. The molecular weight excluding hydrogens is 304 g/mol. The van der Waals surface area contributed by atoms with Gasteiger partial charge >= 0.3 is 0 Å². The summed E-state index contributed by atoms with van der Waals surface area (Å²) in [4.78, 5) is 24.6. The van der Waals surface area contributed by atoms with E-state index in [-0.39, 0.29) is 24.8 Å². The second kappa shape index (κ2) is 8.64. The van der Waals surface area contributed by atoms with Gasteiger partial charge in [-0.2, -0.15) is 0 Å². The lowest BCUT2D eigenvalue weighted by atomic mass is 10.1. The predicted octanol–water partition coefficient (Wildman–Crippen LogP) is 1.87. The Labute approximate surface area is 141 Å². The van der Waals surface area contributed by atoms with Crippen LogP contribution in [0.2, 0.25) is 0 Å². The Kier molecular flexibility index (Phi) is 6.28. The van der Waals surface area contributed by atoms with Crippen LogP contribution < -0.4 is 10.6 Å². The van der Waals surface area contributed by atoms with Gasteiger partial charge in [-0.15, -0.1) is 0 Å². The van der Waals surface area contributed by atoms with Crippen LogP contribution in [0, 0.1) is 6.92 Å². The lowest BCUT2D eigenvalue weighted by Crippen LogP contribution is -2.36. The molecule has 0 radical (unpaired) electrons. The average molecular weight is 324 g/mol. The van der Waals surface area contributed by atoms with Crippen LogP contribution in [0.5, 0.6) is 0 Å². The number of aliphatic hydroxyl groups is 1. The Bertz CT molecular complexity index is 722. The number of carbonyl (C=O) groups is 2. The average Bonchev–Trinajstić information content (AvgIpc) is 2.60. The van der Waals surface area contributed by atoms with E-state index in [0.717, 1.165) is 11.1 Å². The normalized spacial score (nSPS) is 11.0. The summed E-state index contributed by atoms with van der Waals surface area (Å²) in [6.45, 7) is 1.88. The molecule has 0 spiro atoms. The Balaban J connectivity index is 2.22. The standard InChI is InChI=1S/C19H20N2O3/c1-14-7-9-16(10-8-14)18(23)21-17(19(24)20-11-12-22)13-15-5-3-2-4-6-15/h2-10,13,22H,11-12H2,1H3,(H,20,24)(H,21,23). The first-order valence-corrected chi connectivity index (χ1v) is 7.64. The molecule has 2 amide bonds. The van der Waals surface area contributed by atoms with Crippen molar-refractivity contribution in [2.75, 3.05) is 13.2 Å². The van der Waals surface area contributed by atoms with Gasteiger partial charge in [0.25, 0.3) is 11.8 Å². The molecule has 3 N–H and O–H groups in total. The summed E-state index contributed by atoms with van der Waals surface area (Å²) in [7, 11) is 0. The molecule has 0 bridgehead atoms. The van der Waals surface area contributed by atoms with Crippen molar-refractivity contribution in [1.82, 2.24) is 10.6 Å². The minimum Gasteiger partial charge on any atom is -0.395 e. The van der Waals surface area contributed by atoms with E-state index in [4.69, 9.17) is 5.11 Å². The minimum absolute atomic E-state index is 0.116. The maximum absolute atomic E-state index is 12.4. The second-order valence-corrected chi connectivity index (χ2v) is 5.27. The van der Waals surface area contributed by atoms with Gasteiger partial charge in [0.15, 0.2) is 0 Å². The first-order valence-electron chi connectivity index (χ1n) is 7.64. The molecule has 5 heteroatoms. The quantitative estimate of drug-likeness (QED) is 0.710. The van der Waals surface area contributed by atoms with Gasteiger partial charge in [-0.1, -0.05) is 48.0 Å². The molecule has 2 aromatic rings. The second-order valence-electron chi connectivity index (χ2n) is 5.27. The molecule has 0 atom stereocenters. The predicted molar refractivity (Wildman–Crippen MR) is 93.2 cm³/mol. The van der Waals surface area contributed by atoms with Gasteiger partial charge in [-0.25, -0.2) is 0 Å². The van der Waals surface area contributed by atoms with E-state index in [9.17, 15) is 9.59 Å². The van der Waals surface area contributed by atoms with Crippen LogP contribution in [-0.2, 0) is 4.79 Å². The molecular formula is C19H20N2O3. The summed E-state index contributed by atoms with van der Waals surface area (Å²) in [5.41, 5.74) is 2.43. The Morgan fingerprint density at radius 3 is 2.33 bits per heavy atom. The van der Waals surface area contributed by atoms with Crippen LogP contribution in [0.25, 0.3) is 6.08 Å². The molecule has 0 aliphatic rings. The van der Waals surface area contributed by atoms with Gasteiger partial charge in [-0.05, 0) is 30.7 Å². The fourth-order valence-corrected chi connectivity index (χ4v) is 2.04. The fraction of sp³-hybridized carbons (Fsp3) is 0.158. The summed E-state index contributed by atoms with van der Waals surface area (Å²) in [6.07, 6.45) is 1.60. The van der Waals surface area contributed by atoms with E-state index in [0.29, 0.717) is 5.56 Å². The molecule has 0 heterocycles. The van der Waals surface area contributed by atoms with Crippen molar-refractivity contribution in [3.63, 3.8) is 0 Å². The maximum atomic E-state index is 12.4. The molecule has 2 rings (SSSR count). The number of benzene rings is 2. The van der Waals surface area contributed by atoms with Gasteiger partial charge in [0.2, 0.25) is 0 Å². The summed E-state index contributed by atoms with van der Waals surface area (Å²) < 4.78 is 0. The van der Waals surface area contributed by atoms with Gasteiger partial charge in [-0.3, -0.25) is 9.59 Å². The summed E-state index contributed by atoms with van der Waals surface area (Å²) in [5.74, 6) is -0.815. The van der Waals surface area contributed by atoms with Crippen molar-refractivity contribution in [2.24, 2.45) is 0 Å². The third-order valence-corrected chi connectivity index (χ3v) is 3.31. The summed E-state index contributed by atoms with van der Waals surface area (Å²) >= 11 is 0. The lowest BCUT2D eigenvalue weighted by molar-refractivity contribution is -0.117. The van der Waals surface area contributed by atoms with E-state index in [1.165, 1.54) is 0 Å². The lowest BCUT2D eigenvalue weighted by Gasteiger charge is -2.11. The van der Waals surface area contributed by atoms with Crippen molar-refractivity contribution >= 4 is 17.9 Å². The molecule has 0 aliphatic heterocycles. The zero-order valence-electron chi connectivity index (χ0n) is 13.5. The molecule has 5 nitrogen and oxygen atoms in total. The number of amides is 2. The Morgan fingerprint density at radius 1 is 1.04 bits per heavy atom. The smallest absolute Gasteiger partial charge is 0.267 e. The van der Waals surface area contributed by atoms with E-state index in [2.05, 4.69) is 10.6 Å². The number of carbonyl (C=O) groups excluding carboxylic acids is 2. The highest BCUT2D eigenvalue weighted by molar-refractivity contribution is 6.05. The highest BCUT2D eigenvalue weighted by Crippen LogP contribution is 2.08. The van der Waals surface area contributed by atoms with Crippen molar-refractivity contribution < 1.29 is 14.7 Å². The molecule has 2 aromatic carbocycles. The van der Waals surface area contributed by atoms with Crippen LogP contribution >= 0.6 is 0 Å². The van der Waals surface area contributed by atoms with E-state index < -0.39 is 5.91 Å². The van der Waals surface area contributed by atoms with Crippen molar-refractivity contribution in [1.29, 1.82) is 0 Å². The van der Waals surface area contributed by atoms with Crippen molar-refractivity contribution in [3.8, 4) is 0 Å². The number of aryl methyl sites for hydroxylation is 1. The number of rotatable bonds is 6. The summed E-state index contributed by atoms with van der Waals surface area (Å²) in [5, 5.41) is 14.0. The minimum atomic E-state index is -0.451. The maximum Gasteiger partial charge on any atom is 0.267 e. The number of aliphatic hydroxyl groups excluding tert-OH is 1. The van der Waals surface area contributed by atoms with Crippen LogP contribution in [0.4, 0.5) is 0 Å². The third-order valence-electron chi connectivity index (χ3n) is 3.31. The van der Waals surface area contributed by atoms with Crippen LogP contribution in [0.3, 0.4) is 0 Å². The molecule has 0 aromatic heterocycles. The zero-order chi connectivity index (χ0) is 17.4. The third kappa shape index (κ3) is 5.07. The van der Waals surface area contributed by atoms with Gasteiger partial charge in [0.05, 0.1) is 6.61 Å². The number of hydrogen-bond acceptors (Lipinski definition) is 3. The Hall–Kier alpha value is -2.92. The summed E-state index contributed by atoms with van der Waals surface area (Å²) in [6, 6.07) is 16.3. The molecule has 0 aliphatic carbocycles. The topological polar surface area (TPSA) is 78.4 Å². The highest BCUT2D eigenvalue weighted by atomic mass is 16.3. The molecule has 0 fully saturated rings. The molecule has 0 saturated carbocycles. The van der Waals surface area contributed by atoms with Gasteiger partial charge in [0, 0.05) is 12.1 Å². The van der Waals surface area contributed by atoms with Crippen LogP contribution in [0.1, 0.15) is 21.5 Å². The van der Waals surface area contributed by atoms with Gasteiger partial charge < -0.3 is 15.7 Å².